The molecule has 0 aliphatic heterocycles. The first-order chi connectivity index (χ1) is 6.07. The minimum Gasteiger partial charge on any atom is -0.355 e. The minimum atomic E-state index is -0.0581. The summed E-state index contributed by atoms with van der Waals surface area (Å²) < 4.78 is 0. The second-order valence-electron chi connectivity index (χ2n) is 3.92. The molecule has 78 valence electrons. The van der Waals surface area contributed by atoms with Gasteiger partial charge in [0.1, 0.15) is 0 Å². The van der Waals surface area contributed by atoms with E-state index in [4.69, 9.17) is 5.73 Å². The van der Waals surface area contributed by atoms with Gasteiger partial charge in [-0.05, 0) is 24.7 Å². The van der Waals surface area contributed by atoms with Gasteiger partial charge in [-0.25, -0.2) is 0 Å². The first kappa shape index (κ1) is 12.4. The second-order valence-corrected chi connectivity index (χ2v) is 3.92. The number of rotatable bonds is 6. The number of carbonyl (C=O) groups is 1. The highest BCUT2D eigenvalue weighted by molar-refractivity contribution is 5.77. The van der Waals surface area contributed by atoms with Gasteiger partial charge in [0, 0.05) is 6.54 Å². The summed E-state index contributed by atoms with van der Waals surface area (Å²) in [6, 6.07) is 0. The fourth-order valence-electron chi connectivity index (χ4n) is 1.06. The summed E-state index contributed by atoms with van der Waals surface area (Å²) in [6.45, 7) is 7.55. The smallest absolute Gasteiger partial charge is 0.233 e. The summed E-state index contributed by atoms with van der Waals surface area (Å²) in [5, 5.41) is 2.76. The molecule has 1 atom stereocenters. The average molecular weight is 186 g/mol. The van der Waals surface area contributed by atoms with Gasteiger partial charge in [0.2, 0.25) is 5.91 Å². The van der Waals surface area contributed by atoms with Crippen LogP contribution in [0.3, 0.4) is 0 Å². The van der Waals surface area contributed by atoms with E-state index in [9.17, 15) is 4.79 Å². The van der Waals surface area contributed by atoms with Crippen LogP contribution in [-0.2, 0) is 4.79 Å². The number of amides is 1. The number of hydrogen-bond donors (Lipinski definition) is 2. The zero-order valence-electron chi connectivity index (χ0n) is 8.97. The molecule has 0 bridgehead atoms. The van der Waals surface area contributed by atoms with Crippen LogP contribution in [0.1, 0.15) is 33.6 Å². The highest BCUT2D eigenvalue weighted by atomic mass is 16.1. The predicted molar refractivity (Wildman–Crippen MR) is 55.3 cm³/mol. The lowest BCUT2D eigenvalue weighted by atomic mass is 9.93. The average Bonchev–Trinajstić information content (AvgIpc) is 2.11. The molecule has 0 fully saturated rings. The van der Waals surface area contributed by atoms with Crippen molar-refractivity contribution < 1.29 is 4.79 Å². The molecular formula is C10H22N2O. The molecule has 0 saturated carbocycles. The van der Waals surface area contributed by atoms with Crippen LogP contribution in [0, 0.1) is 11.8 Å². The quantitative estimate of drug-likeness (QED) is 0.611. The Morgan fingerprint density at radius 1 is 1.38 bits per heavy atom. The standard InChI is InChI=1S/C10H22N2O/c1-8(2)9(3)5-4-6-12-10(13)7-11/h8-9H,4-7,11H2,1-3H3,(H,12,13). The van der Waals surface area contributed by atoms with Crippen molar-refractivity contribution in [2.75, 3.05) is 13.1 Å². The van der Waals surface area contributed by atoms with Gasteiger partial charge in [-0.2, -0.15) is 0 Å². The maximum atomic E-state index is 10.8. The first-order valence-electron chi connectivity index (χ1n) is 5.04. The molecule has 1 unspecified atom stereocenters. The molecular weight excluding hydrogens is 164 g/mol. The minimum absolute atomic E-state index is 0.0581. The summed E-state index contributed by atoms with van der Waals surface area (Å²) >= 11 is 0. The van der Waals surface area contributed by atoms with Crippen LogP contribution in [0.2, 0.25) is 0 Å². The lowest BCUT2D eigenvalue weighted by Crippen LogP contribution is -2.31. The van der Waals surface area contributed by atoms with Crippen molar-refractivity contribution in [3.63, 3.8) is 0 Å². The van der Waals surface area contributed by atoms with Crippen LogP contribution in [0.5, 0.6) is 0 Å². The van der Waals surface area contributed by atoms with Crippen molar-refractivity contribution >= 4 is 5.91 Å². The molecule has 0 aliphatic rings. The molecule has 0 aromatic rings. The summed E-state index contributed by atoms with van der Waals surface area (Å²) in [5.41, 5.74) is 5.15. The van der Waals surface area contributed by atoms with Gasteiger partial charge in [-0.15, -0.1) is 0 Å². The monoisotopic (exact) mass is 186 g/mol. The lowest BCUT2D eigenvalue weighted by Gasteiger charge is -2.14. The fraction of sp³-hybridized carbons (Fsp3) is 0.900. The molecule has 13 heavy (non-hydrogen) atoms. The molecule has 0 aliphatic carbocycles. The van der Waals surface area contributed by atoms with Crippen molar-refractivity contribution in [2.45, 2.75) is 33.6 Å². The number of nitrogens with one attached hydrogen (secondary N) is 1. The summed E-state index contributed by atoms with van der Waals surface area (Å²) in [6.07, 6.45) is 2.22. The Morgan fingerprint density at radius 2 is 2.00 bits per heavy atom. The zero-order valence-corrected chi connectivity index (χ0v) is 8.97. The topological polar surface area (TPSA) is 55.1 Å². The van der Waals surface area contributed by atoms with Gasteiger partial charge in [0.25, 0.3) is 0 Å². The molecule has 0 heterocycles. The number of nitrogens with two attached hydrogens (primary N) is 1. The maximum Gasteiger partial charge on any atom is 0.233 e. The largest absolute Gasteiger partial charge is 0.355 e. The molecule has 3 N–H and O–H groups in total. The Balaban J connectivity index is 3.30. The zero-order chi connectivity index (χ0) is 10.3. The van der Waals surface area contributed by atoms with Crippen LogP contribution in [0.4, 0.5) is 0 Å². The van der Waals surface area contributed by atoms with Crippen molar-refractivity contribution in [1.29, 1.82) is 0 Å². The molecule has 0 spiro atoms. The van der Waals surface area contributed by atoms with Gasteiger partial charge in [-0.1, -0.05) is 20.8 Å². The molecule has 3 heteroatoms. The number of carbonyl (C=O) groups excluding carboxylic acids is 1. The van der Waals surface area contributed by atoms with E-state index in [2.05, 4.69) is 26.1 Å². The van der Waals surface area contributed by atoms with E-state index in [-0.39, 0.29) is 12.5 Å². The molecule has 0 radical (unpaired) electrons. The number of hydrogen-bond acceptors (Lipinski definition) is 2. The molecule has 0 aromatic carbocycles. The third-order valence-corrected chi connectivity index (χ3v) is 2.48. The van der Waals surface area contributed by atoms with Crippen molar-refractivity contribution in [2.24, 2.45) is 17.6 Å². The fourth-order valence-corrected chi connectivity index (χ4v) is 1.06. The van der Waals surface area contributed by atoms with Crippen LogP contribution < -0.4 is 11.1 Å². The van der Waals surface area contributed by atoms with Gasteiger partial charge >= 0.3 is 0 Å². The third-order valence-electron chi connectivity index (χ3n) is 2.48. The highest BCUT2D eigenvalue weighted by Gasteiger charge is 2.06. The normalized spacial score (nSPS) is 13.0. The molecule has 0 saturated heterocycles. The van der Waals surface area contributed by atoms with Crippen LogP contribution in [-0.4, -0.2) is 19.0 Å². The molecule has 0 aromatic heterocycles. The summed E-state index contributed by atoms with van der Waals surface area (Å²) in [5.74, 6) is 1.40. The van der Waals surface area contributed by atoms with Gasteiger partial charge < -0.3 is 11.1 Å². The van der Waals surface area contributed by atoms with Crippen LogP contribution >= 0.6 is 0 Å². The first-order valence-corrected chi connectivity index (χ1v) is 5.04. The molecule has 1 amide bonds. The van der Waals surface area contributed by atoms with E-state index in [1.54, 1.807) is 0 Å². The van der Waals surface area contributed by atoms with E-state index < -0.39 is 0 Å². The Hall–Kier alpha value is -0.570. The molecule has 0 rings (SSSR count). The maximum absolute atomic E-state index is 10.8. The van der Waals surface area contributed by atoms with E-state index in [1.807, 2.05) is 0 Å². The second kappa shape index (κ2) is 6.89. The predicted octanol–water partition coefficient (Wildman–Crippen LogP) is 1.13. The Bertz CT molecular complexity index is 146. The van der Waals surface area contributed by atoms with Crippen LogP contribution in [0.15, 0.2) is 0 Å². The van der Waals surface area contributed by atoms with Crippen LogP contribution in [0.25, 0.3) is 0 Å². The van der Waals surface area contributed by atoms with Gasteiger partial charge in [0.05, 0.1) is 6.54 Å². The van der Waals surface area contributed by atoms with Crippen molar-refractivity contribution in [3.8, 4) is 0 Å². The van der Waals surface area contributed by atoms with Crippen molar-refractivity contribution in [1.82, 2.24) is 5.32 Å². The van der Waals surface area contributed by atoms with Gasteiger partial charge in [0.15, 0.2) is 0 Å². The Labute approximate surface area is 81.1 Å². The van der Waals surface area contributed by atoms with E-state index in [0.29, 0.717) is 0 Å². The summed E-state index contributed by atoms with van der Waals surface area (Å²) in [7, 11) is 0. The SMILES string of the molecule is CC(C)C(C)CCCNC(=O)CN. The lowest BCUT2D eigenvalue weighted by molar-refractivity contribution is -0.119. The van der Waals surface area contributed by atoms with Gasteiger partial charge in [-0.3, -0.25) is 4.79 Å². The Kier molecular flexibility index (Phi) is 6.59. The molecule has 3 nitrogen and oxygen atoms in total. The summed E-state index contributed by atoms with van der Waals surface area (Å²) in [4.78, 5) is 10.8. The van der Waals surface area contributed by atoms with E-state index in [1.165, 1.54) is 6.42 Å². The van der Waals surface area contributed by atoms with E-state index >= 15 is 0 Å². The van der Waals surface area contributed by atoms with Crippen molar-refractivity contribution in [3.05, 3.63) is 0 Å². The highest BCUT2D eigenvalue weighted by Crippen LogP contribution is 2.14. The third kappa shape index (κ3) is 6.58. The van der Waals surface area contributed by atoms with E-state index in [0.717, 1.165) is 24.8 Å². The Morgan fingerprint density at radius 3 is 2.46 bits per heavy atom.